The van der Waals surface area contributed by atoms with E-state index in [1.807, 2.05) is 67.7 Å². The quantitative estimate of drug-likeness (QED) is 0.563. The number of hydrogen-bond acceptors (Lipinski definition) is 3. The van der Waals surface area contributed by atoms with Gasteiger partial charge in [-0.15, -0.1) is 0 Å². The van der Waals surface area contributed by atoms with Crippen LogP contribution in [0.1, 0.15) is 11.1 Å². The highest BCUT2D eigenvalue weighted by atomic mass is 14.8. The zero-order valence-corrected chi connectivity index (χ0v) is 13.7. The molecule has 4 rings (SSSR count). The van der Waals surface area contributed by atoms with Crippen LogP contribution in [0.4, 0.5) is 5.82 Å². The predicted molar refractivity (Wildman–Crippen MR) is 101 cm³/mol. The first-order valence-corrected chi connectivity index (χ1v) is 8.02. The van der Waals surface area contributed by atoms with Gasteiger partial charge in [-0.25, -0.2) is 4.98 Å². The Balaban J connectivity index is 2.02. The first-order chi connectivity index (χ1) is 12.2. The minimum Gasteiger partial charge on any atom is -0.383 e. The number of nitrogens with zero attached hydrogens (tertiary/aromatic N) is 2. The van der Waals surface area contributed by atoms with Gasteiger partial charge in [0.05, 0.1) is 5.69 Å². The smallest absolute Gasteiger partial charge is 0.142 e. The summed E-state index contributed by atoms with van der Waals surface area (Å²) in [6.07, 6.45) is 1.92. The number of nitriles is 1. The average Bonchev–Trinajstić information content (AvgIpc) is 3.05. The van der Waals surface area contributed by atoms with Crippen LogP contribution in [0.15, 0.2) is 60.8 Å². The summed E-state index contributed by atoms with van der Waals surface area (Å²) in [6, 6.07) is 20.2. The summed E-state index contributed by atoms with van der Waals surface area (Å²) in [7, 11) is 0. The fourth-order valence-corrected chi connectivity index (χ4v) is 3.19. The normalized spacial score (nSPS) is 10.7. The molecule has 0 aliphatic heterocycles. The minimum absolute atomic E-state index is 0.253. The van der Waals surface area contributed by atoms with Crippen molar-refractivity contribution in [3.05, 3.63) is 71.9 Å². The molecule has 0 saturated carbocycles. The second kappa shape index (κ2) is 5.81. The number of nitrogens with two attached hydrogens (primary N) is 1. The van der Waals surface area contributed by atoms with E-state index in [9.17, 15) is 5.26 Å². The number of fused-ring (bicyclic) bond motifs is 1. The Hall–Kier alpha value is -3.58. The molecular formula is C21H16N4. The van der Waals surface area contributed by atoms with Crippen molar-refractivity contribution in [3.8, 4) is 28.5 Å². The molecule has 25 heavy (non-hydrogen) atoms. The molecule has 0 aliphatic carbocycles. The van der Waals surface area contributed by atoms with Gasteiger partial charge in [0.15, 0.2) is 0 Å². The summed E-state index contributed by atoms with van der Waals surface area (Å²) in [5.41, 5.74) is 12.2. The van der Waals surface area contributed by atoms with Gasteiger partial charge in [-0.05, 0) is 24.6 Å². The lowest BCUT2D eigenvalue weighted by molar-refractivity contribution is 1.29. The molecule has 2 heterocycles. The number of aromatic amines is 1. The van der Waals surface area contributed by atoms with Gasteiger partial charge >= 0.3 is 0 Å². The number of benzene rings is 2. The lowest BCUT2D eigenvalue weighted by atomic mass is 9.97. The molecule has 0 radical (unpaired) electrons. The third kappa shape index (κ3) is 2.43. The molecule has 120 valence electrons. The third-order valence-electron chi connectivity index (χ3n) is 4.46. The molecule has 0 amide bonds. The van der Waals surface area contributed by atoms with E-state index in [2.05, 4.69) is 16.0 Å². The number of para-hydroxylation sites is 1. The molecule has 4 aromatic rings. The van der Waals surface area contributed by atoms with Gasteiger partial charge in [-0.3, -0.25) is 0 Å². The SMILES string of the molecule is Cc1ccccc1-c1cc(-c2c[nH]c3ccccc23)c(C#N)c(N)n1. The van der Waals surface area contributed by atoms with Crippen LogP contribution < -0.4 is 5.73 Å². The Labute approximate surface area is 145 Å². The van der Waals surface area contributed by atoms with E-state index in [-0.39, 0.29) is 5.82 Å². The monoisotopic (exact) mass is 324 g/mol. The van der Waals surface area contributed by atoms with Gasteiger partial charge in [-0.2, -0.15) is 5.26 Å². The van der Waals surface area contributed by atoms with Crippen LogP contribution in [-0.2, 0) is 0 Å². The predicted octanol–water partition coefficient (Wildman–Crippen LogP) is 4.66. The maximum absolute atomic E-state index is 9.61. The van der Waals surface area contributed by atoms with Crippen molar-refractivity contribution in [2.75, 3.05) is 5.73 Å². The Morgan fingerprint density at radius 2 is 1.76 bits per heavy atom. The number of H-pyrrole nitrogens is 1. The third-order valence-corrected chi connectivity index (χ3v) is 4.46. The highest BCUT2D eigenvalue weighted by Gasteiger charge is 2.16. The summed E-state index contributed by atoms with van der Waals surface area (Å²) >= 11 is 0. The minimum atomic E-state index is 0.253. The van der Waals surface area contributed by atoms with Crippen molar-refractivity contribution < 1.29 is 0 Å². The van der Waals surface area contributed by atoms with Gasteiger partial charge < -0.3 is 10.7 Å². The van der Waals surface area contributed by atoms with Crippen molar-refractivity contribution in [1.29, 1.82) is 5.26 Å². The highest BCUT2D eigenvalue weighted by molar-refractivity contribution is 5.98. The molecule has 0 spiro atoms. The number of hydrogen-bond donors (Lipinski definition) is 2. The van der Waals surface area contributed by atoms with Crippen molar-refractivity contribution >= 4 is 16.7 Å². The summed E-state index contributed by atoms with van der Waals surface area (Å²) in [6.45, 7) is 2.04. The number of pyridine rings is 1. The van der Waals surface area contributed by atoms with Gasteiger partial charge in [0.2, 0.25) is 0 Å². The molecule has 0 fully saturated rings. The second-order valence-electron chi connectivity index (χ2n) is 5.99. The Morgan fingerprint density at radius 3 is 2.56 bits per heavy atom. The topological polar surface area (TPSA) is 78.5 Å². The molecule has 0 unspecified atom stereocenters. The van der Waals surface area contributed by atoms with E-state index in [1.54, 1.807) is 0 Å². The first kappa shape index (κ1) is 15.0. The lowest BCUT2D eigenvalue weighted by Gasteiger charge is -2.11. The van der Waals surface area contributed by atoms with Crippen LogP contribution in [0.3, 0.4) is 0 Å². The number of nitrogens with one attached hydrogen (secondary N) is 1. The molecule has 0 bridgehead atoms. The number of aromatic nitrogens is 2. The first-order valence-electron chi connectivity index (χ1n) is 8.02. The average molecular weight is 324 g/mol. The fourth-order valence-electron chi connectivity index (χ4n) is 3.19. The summed E-state index contributed by atoms with van der Waals surface area (Å²) in [4.78, 5) is 7.73. The molecule has 4 nitrogen and oxygen atoms in total. The lowest BCUT2D eigenvalue weighted by Crippen LogP contribution is -2.00. The summed E-state index contributed by atoms with van der Waals surface area (Å²) in [5.74, 6) is 0.253. The van der Waals surface area contributed by atoms with Crippen LogP contribution in [0.2, 0.25) is 0 Å². The van der Waals surface area contributed by atoms with E-state index in [1.165, 1.54) is 0 Å². The standard InChI is InChI=1S/C21H16N4/c1-13-6-2-3-7-14(13)20-10-16(17(11-22)21(23)25-20)18-12-24-19-9-5-4-8-15(18)19/h2-10,12,24H,1H3,(H2,23,25). The number of nitrogen functional groups attached to an aromatic ring is 1. The van der Waals surface area contributed by atoms with Gasteiger partial charge in [0.1, 0.15) is 17.5 Å². The molecule has 4 heteroatoms. The molecule has 2 aromatic carbocycles. The molecule has 3 N–H and O–H groups in total. The Kier molecular flexibility index (Phi) is 3.48. The van der Waals surface area contributed by atoms with Crippen LogP contribution in [0, 0.1) is 18.3 Å². The summed E-state index contributed by atoms with van der Waals surface area (Å²) < 4.78 is 0. The van der Waals surface area contributed by atoms with E-state index in [0.717, 1.165) is 38.9 Å². The zero-order valence-electron chi connectivity index (χ0n) is 13.7. The molecule has 0 saturated heterocycles. The molecule has 2 aromatic heterocycles. The van der Waals surface area contributed by atoms with Crippen LogP contribution in [0.5, 0.6) is 0 Å². The van der Waals surface area contributed by atoms with Crippen LogP contribution in [-0.4, -0.2) is 9.97 Å². The van der Waals surface area contributed by atoms with Crippen molar-refractivity contribution in [2.45, 2.75) is 6.92 Å². The Morgan fingerprint density at radius 1 is 1.00 bits per heavy atom. The fraction of sp³-hybridized carbons (Fsp3) is 0.0476. The highest BCUT2D eigenvalue weighted by Crippen LogP contribution is 2.35. The van der Waals surface area contributed by atoms with Crippen molar-refractivity contribution in [2.24, 2.45) is 0 Å². The maximum atomic E-state index is 9.61. The number of anilines is 1. The van der Waals surface area contributed by atoms with E-state index in [4.69, 9.17) is 5.73 Å². The van der Waals surface area contributed by atoms with Crippen molar-refractivity contribution in [1.82, 2.24) is 9.97 Å². The molecular weight excluding hydrogens is 308 g/mol. The second-order valence-corrected chi connectivity index (χ2v) is 5.99. The van der Waals surface area contributed by atoms with Crippen molar-refractivity contribution in [3.63, 3.8) is 0 Å². The summed E-state index contributed by atoms with van der Waals surface area (Å²) in [5, 5.41) is 10.7. The molecule has 0 aliphatic rings. The number of aryl methyl sites for hydroxylation is 1. The van der Waals surface area contributed by atoms with E-state index in [0.29, 0.717) is 5.56 Å². The van der Waals surface area contributed by atoms with Gasteiger partial charge in [0, 0.05) is 33.8 Å². The van der Waals surface area contributed by atoms with Gasteiger partial charge in [-0.1, -0.05) is 42.5 Å². The molecule has 0 atom stereocenters. The zero-order chi connectivity index (χ0) is 17.4. The van der Waals surface area contributed by atoms with Crippen LogP contribution >= 0.6 is 0 Å². The van der Waals surface area contributed by atoms with E-state index >= 15 is 0 Å². The maximum Gasteiger partial charge on any atom is 0.142 e. The van der Waals surface area contributed by atoms with Gasteiger partial charge in [0.25, 0.3) is 0 Å². The largest absolute Gasteiger partial charge is 0.383 e. The number of rotatable bonds is 2. The van der Waals surface area contributed by atoms with E-state index < -0.39 is 0 Å². The Bertz CT molecular complexity index is 1130. The van der Waals surface area contributed by atoms with Crippen LogP contribution in [0.25, 0.3) is 33.3 Å².